The maximum absolute atomic E-state index is 12.9. The molecule has 1 unspecified atom stereocenters. The molecule has 31 heavy (non-hydrogen) atoms. The maximum Gasteiger partial charge on any atom is 0.360 e. The number of amides is 1. The zero-order valence-corrected chi connectivity index (χ0v) is 16.7. The molecule has 11 nitrogen and oxygen atoms in total. The van der Waals surface area contributed by atoms with Crippen LogP contribution in [-0.4, -0.2) is 65.1 Å². The second kappa shape index (κ2) is 7.32. The summed E-state index contributed by atoms with van der Waals surface area (Å²) < 4.78 is 21.2. The highest BCUT2D eigenvalue weighted by Gasteiger charge is 2.62. The number of rotatable bonds is 4. The number of aliphatic hydroxyl groups is 3. The van der Waals surface area contributed by atoms with Gasteiger partial charge in [-0.2, -0.15) is 0 Å². The fourth-order valence-electron chi connectivity index (χ4n) is 3.93. The Bertz CT molecular complexity index is 1130. The van der Waals surface area contributed by atoms with Crippen LogP contribution in [0.4, 0.5) is 5.69 Å². The fourth-order valence-corrected chi connectivity index (χ4v) is 3.93. The number of aliphatic hydroxyl groups excluding tert-OH is 2. The van der Waals surface area contributed by atoms with Crippen molar-refractivity contribution in [3.8, 4) is 11.5 Å². The average molecular weight is 434 g/mol. The molecule has 2 aromatic rings. The van der Waals surface area contributed by atoms with E-state index in [4.69, 9.17) is 24.4 Å². The predicted octanol–water partition coefficient (Wildman–Crippen LogP) is -0.785. The van der Waals surface area contributed by atoms with Crippen molar-refractivity contribution < 1.29 is 38.7 Å². The highest BCUT2D eigenvalue weighted by Crippen LogP contribution is 2.42. The molecule has 4 rings (SSSR count). The van der Waals surface area contributed by atoms with E-state index in [2.05, 4.69) is 5.32 Å². The van der Waals surface area contributed by atoms with Gasteiger partial charge in [0.15, 0.2) is 11.3 Å². The summed E-state index contributed by atoms with van der Waals surface area (Å²) in [5, 5.41) is 33.5. The molecule has 11 heteroatoms. The van der Waals surface area contributed by atoms with Crippen LogP contribution in [0.3, 0.4) is 0 Å². The van der Waals surface area contributed by atoms with Crippen LogP contribution in [0.2, 0.25) is 0 Å². The van der Waals surface area contributed by atoms with Crippen LogP contribution < -0.4 is 26.1 Å². The number of hydrogen-bond acceptors (Lipinski definition) is 10. The van der Waals surface area contributed by atoms with Crippen molar-refractivity contribution in [2.45, 2.75) is 36.1 Å². The minimum atomic E-state index is -2.08. The van der Waals surface area contributed by atoms with Gasteiger partial charge in [-0.3, -0.25) is 10.5 Å². The number of anilines is 1. The summed E-state index contributed by atoms with van der Waals surface area (Å²) in [6.07, 6.45) is -2.01. The Morgan fingerprint density at radius 1 is 1.26 bits per heavy atom. The largest absolute Gasteiger partial charge is 0.493 e. The second-order valence-corrected chi connectivity index (χ2v) is 7.54. The summed E-state index contributed by atoms with van der Waals surface area (Å²) in [6, 6.07) is 4.59. The Morgan fingerprint density at radius 2 is 2.00 bits per heavy atom. The van der Waals surface area contributed by atoms with Crippen molar-refractivity contribution in [1.82, 2.24) is 0 Å². The van der Waals surface area contributed by atoms with Crippen molar-refractivity contribution in [2.75, 3.05) is 19.5 Å². The summed E-state index contributed by atoms with van der Waals surface area (Å²) >= 11 is 0. The third-order valence-corrected chi connectivity index (χ3v) is 5.57. The standard InChI is InChI=1S/C20H22N2O9/c1-28-12-5-3-9-7-10(17(25)30-14(9)15(12)29-2)22-18(26)20(21)8-19(27)13(31-20)6-4-11(23)16(19)24/h3-7,11,13,16,23-24,27H,8,21H2,1-2H3,(H,22,26)/t11-,13-,16+,19+,20?/m1/s1. The van der Waals surface area contributed by atoms with Crippen molar-refractivity contribution in [1.29, 1.82) is 0 Å². The number of methoxy groups -OCH3 is 2. The van der Waals surface area contributed by atoms with Gasteiger partial charge >= 0.3 is 5.63 Å². The summed E-state index contributed by atoms with van der Waals surface area (Å²) in [5.41, 5.74) is 1.05. The van der Waals surface area contributed by atoms with Crippen LogP contribution in [0.15, 0.2) is 39.6 Å². The molecule has 166 valence electrons. The van der Waals surface area contributed by atoms with Crippen LogP contribution in [0.5, 0.6) is 11.5 Å². The molecule has 0 bridgehead atoms. The molecule has 0 radical (unpaired) electrons. The Kier molecular flexibility index (Phi) is 5.03. The molecule has 1 amide bonds. The quantitative estimate of drug-likeness (QED) is 0.303. The lowest BCUT2D eigenvalue weighted by molar-refractivity contribution is -0.146. The Balaban J connectivity index is 1.64. The summed E-state index contributed by atoms with van der Waals surface area (Å²) in [5.74, 6) is -0.354. The van der Waals surface area contributed by atoms with E-state index in [-0.39, 0.29) is 17.0 Å². The fraction of sp³-hybridized carbons (Fsp3) is 0.400. The first-order valence-electron chi connectivity index (χ1n) is 9.37. The third-order valence-electron chi connectivity index (χ3n) is 5.57. The van der Waals surface area contributed by atoms with Gasteiger partial charge < -0.3 is 39.3 Å². The van der Waals surface area contributed by atoms with Crippen LogP contribution in [0.25, 0.3) is 11.0 Å². The van der Waals surface area contributed by atoms with Gasteiger partial charge in [-0.15, -0.1) is 0 Å². The molecule has 0 spiro atoms. The number of fused-ring (bicyclic) bond motifs is 2. The molecule has 6 N–H and O–H groups in total. The number of carbonyl (C=O) groups excluding carboxylic acids is 1. The lowest BCUT2D eigenvalue weighted by atomic mass is 9.80. The molecule has 1 aliphatic carbocycles. The van der Waals surface area contributed by atoms with Gasteiger partial charge in [-0.05, 0) is 18.2 Å². The van der Waals surface area contributed by atoms with Crippen molar-refractivity contribution in [2.24, 2.45) is 5.73 Å². The first kappa shape index (κ1) is 21.3. The van der Waals surface area contributed by atoms with Gasteiger partial charge in [0.1, 0.15) is 29.6 Å². The number of benzene rings is 1. The normalized spacial score (nSPS) is 32.0. The Labute approximate surface area is 175 Å². The van der Waals surface area contributed by atoms with E-state index in [1.54, 1.807) is 12.1 Å². The highest BCUT2D eigenvalue weighted by molar-refractivity contribution is 5.98. The van der Waals surface area contributed by atoms with E-state index in [9.17, 15) is 24.9 Å². The average Bonchev–Trinajstić information content (AvgIpc) is 3.03. The van der Waals surface area contributed by atoms with Crippen LogP contribution >= 0.6 is 0 Å². The molecule has 1 aliphatic heterocycles. The van der Waals surface area contributed by atoms with Crippen molar-refractivity contribution in [3.05, 3.63) is 40.8 Å². The minimum absolute atomic E-state index is 0.131. The summed E-state index contributed by atoms with van der Waals surface area (Å²) in [4.78, 5) is 25.3. The minimum Gasteiger partial charge on any atom is -0.493 e. The van der Waals surface area contributed by atoms with Gasteiger partial charge in [0.25, 0.3) is 5.91 Å². The van der Waals surface area contributed by atoms with Gasteiger partial charge in [0.2, 0.25) is 11.5 Å². The maximum atomic E-state index is 12.9. The Hall–Kier alpha value is -2.96. The molecule has 1 aromatic carbocycles. The van der Waals surface area contributed by atoms with E-state index in [1.807, 2.05) is 0 Å². The lowest BCUT2D eigenvalue weighted by Crippen LogP contribution is -2.57. The van der Waals surface area contributed by atoms with E-state index < -0.39 is 47.6 Å². The number of ether oxygens (including phenoxy) is 3. The molecule has 1 saturated heterocycles. The zero-order valence-electron chi connectivity index (χ0n) is 16.7. The highest BCUT2D eigenvalue weighted by atomic mass is 16.6. The first-order valence-corrected chi connectivity index (χ1v) is 9.37. The summed E-state index contributed by atoms with van der Waals surface area (Å²) in [6.45, 7) is 0. The molecule has 2 aliphatic rings. The number of nitrogens with one attached hydrogen (secondary N) is 1. The Morgan fingerprint density at radius 3 is 2.68 bits per heavy atom. The first-order chi connectivity index (χ1) is 14.6. The number of carbonyl (C=O) groups is 1. The monoisotopic (exact) mass is 434 g/mol. The van der Waals surface area contributed by atoms with E-state index in [0.717, 1.165) is 0 Å². The number of nitrogens with two attached hydrogens (primary N) is 1. The predicted molar refractivity (Wildman–Crippen MR) is 107 cm³/mol. The van der Waals surface area contributed by atoms with Gasteiger partial charge in [-0.1, -0.05) is 12.2 Å². The van der Waals surface area contributed by atoms with Crippen LogP contribution in [0, 0.1) is 0 Å². The van der Waals surface area contributed by atoms with E-state index >= 15 is 0 Å². The van der Waals surface area contributed by atoms with Crippen molar-refractivity contribution >= 4 is 22.6 Å². The molecule has 0 saturated carbocycles. The molecule has 5 atom stereocenters. The molecule has 2 heterocycles. The van der Waals surface area contributed by atoms with Crippen LogP contribution in [-0.2, 0) is 9.53 Å². The smallest absolute Gasteiger partial charge is 0.360 e. The molecule has 1 fully saturated rings. The number of hydrogen-bond donors (Lipinski definition) is 5. The zero-order chi connectivity index (χ0) is 22.6. The van der Waals surface area contributed by atoms with Crippen molar-refractivity contribution in [3.63, 3.8) is 0 Å². The van der Waals surface area contributed by atoms with E-state index in [0.29, 0.717) is 11.1 Å². The molecule has 1 aromatic heterocycles. The molecular weight excluding hydrogens is 412 g/mol. The second-order valence-electron chi connectivity index (χ2n) is 7.54. The van der Waals surface area contributed by atoms with Gasteiger partial charge in [0.05, 0.1) is 14.2 Å². The van der Waals surface area contributed by atoms with Gasteiger partial charge in [0, 0.05) is 11.8 Å². The third kappa shape index (κ3) is 3.27. The van der Waals surface area contributed by atoms with E-state index in [1.165, 1.54) is 32.4 Å². The van der Waals surface area contributed by atoms with Crippen LogP contribution in [0.1, 0.15) is 6.42 Å². The van der Waals surface area contributed by atoms with Gasteiger partial charge in [-0.25, -0.2) is 4.79 Å². The SMILES string of the molecule is COc1ccc2cc(NC(=O)C3(N)C[C@]4(O)[C@@H](C=C[C@@H](O)[C@@H]4O)O3)c(=O)oc2c1OC. The lowest BCUT2D eigenvalue weighted by Gasteiger charge is -2.36. The molecular formula is C20H22N2O9. The summed E-state index contributed by atoms with van der Waals surface area (Å²) in [7, 11) is 2.84. The topological polar surface area (TPSA) is 174 Å².